The van der Waals surface area contributed by atoms with Gasteiger partial charge in [-0.1, -0.05) is 59.3 Å². The van der Waals surface area contributed by atoms with E-state index in [1.165, 1.54) is 28.0 Å². The Hall–Kier alpha value is -4.60. The van der Waals surface area contributed by atoms with Crippen LogP contribution in [0.2, 0.25) is 5.02 Å². The van der Waals surface area contributed by atoms with Crippen molar-refractivity contribution in [3.05, 3.63) is 138 Å². The highest BCUT2D eigenvalue weighted by Gasteiger charge is 2.34. The lowest BCUT2D eigenvalue weighted by Crippen LogP contribution is -2.40. The Morgan fingerprint density at radius 3 is 2.50 bits per heavy atom. The summed E-state index contributed by atoms with van der Waals surface area (Å²) in [4.78, 5) is 32.3. The Kier molecular flexibility index (Phi) is 7.45. The number of fused-ring (bicyclic) bond motifs is 1. The highest BCUT2D eigenvalue weighted by molar-refractivity contribution is 7.07. The predicted molar refractivity (Wildman–Crippen MR) is 161 cm³/mol. The number of para-hydroxylation sites is 1. The molecule has 3 aromatic carbocycles. The number of hydrogen-bond donors (Lipinski definition) is 0. The first-order valence-corrected chi connectivity index (χ1v) is 14.4. The van der Waals surface area contributed by atoms with Crippen molar-refractivity contribution in [2.45, 2.75) is 19.9 Å². The molecule has 0 unspecified atom stereocenters. The normalized spacial score (nSPS) is 15.0. The fraction of sp³-hybridized carbons (Fsp3) is 0.125. The van der Waals surface area contributed by atoms with Crippen molar-refractivity contribution in [2.75, 3.05) is 6.61 Å². The topological polar surface area (TPSA) is 78.5 Å². The zero-order chi connectivity index (χ0) is 29.4. The zero-order valence-corrected chi connectivity index (χ0v) is 24.2. The van der Waals surface area contributed by atoms with E-state index in [0.29, 0.717) is 42.4 Å². The van der Waals surface area contributed by atoms with Crippen molar-refractivity contribution in [1.82, 2.24) is 14.3 Å². The van der Waals surface area contributed by atoms with Crippen LogP contribution >= 0.6 is 22.9 Å². The molecule has 2 aromatic heterocycles. The largest absolute Gasteiger partial charge is 0.463 e. The van der Waals surface area contributed by atoms with E-state index in [1.807, 2.05) is 42.6 Å². The van der Waals surface area contributed by atoms with Crippen molar-refractivity contribution < 1.29 is 13.9 Å². The van der Waals surface area contributed by atoms with Crippen LogP contribution in [0.1, 0.15) is 31.0 Å². The number of aromatic nitrogens is 3. The van der Waals surface area contributed by atoms with Crippen LogP contribution in [0.4, 0.5) is 4.39 Å². The Morgan fingerprint density at radius 1 is 1.07 bits per heavy atom. The molecule has 0 amide bonds. The van der Waals surface area contributed by atoms with Crippen molar-refractivity contribution in [3.8, 4) is 16.9 Å². The van der Waals surface area contributed by atoms with Crippen LogP contribution in [-0.2, 0) is 9.53 Å². The van der Waals surface area contributed by atoms with E-state index in [-0.39, 0.29) is 23.6 Å². The van der Waals surface area contributed by atoms with Gasteiger partial charge in [-0.2, -0.15) is 5.10 Å². The average Bonchev–Trinajstić information content (AvgIpc) is 3.54. The van der Waals surface area contributed by atoms with Crippen LogP contribution in [0.5, 0.6) is 0 Å². The Balaban J connectivity index is 1.57. The first-order chi connectivity index (χ1) is 20.4. The average molecular weight is 599 g/mol. The third kappa shape index (κ3) is 5.01. The van der Waals surface area contributed by atoms with E-state index in [2.05, 4.69) is 4.99 Å². The Bertz CT molecular complexity index is 2030. The molecule has 0 aliphatic carbocycles. The smallest absolute Gasteiger partial charge is 0.338 e. The SMILES string of the molecule is CCOC(=O)C1=C(C)N=c2s/c(=C/c3cn(-c4ccccc4)nc3-c3ccc(F)cc3)c(=O)n2[C@@H]1c1ccccc1Cl. The second-order valence-corrected chi connectivity index (χ2v) is 11.0. The monoisotopic (exact) mass is 598 g/mol. The van der Waals surface area contributed by atoms with Gasteiger partial charge in [0.05, 0.1) is 28.1 Å². The molecule has 10 heteroatoms. The van der Waals surface area contributed by atoms with Crippen molar-refractivity contribution >= 4 is 35.0 Å². The summed E-state index contributed by atoms with van der Waals surface area (Å²) in [5, 5.41) is 5.19. The zero-order valence-electron chi connectivity index (χ0n) is 22.6. The maximum absolute atomic E-state index is 14.1. The molecule has 0 saturated carbocycles. The van der Waals surface area contributed by atoms with Gasteiger partial charge in [0.15, 0.2) is 4.80 Å². The second kappa shape index (κ2) is 11.3. The fourth-order valence-electron chi connectivity index (χ4n) is 4.96. The molecule has 0 spiro atoms. The van der Waals surface area contributed by atoms with E-state index in [4.69, 9.17) is 21.4 Å². The molecule has 210 valence electrons. The summed E-state index contributed by atoms with van der Waals surface area (Å²) in [6.45, 7) is 3.62. The molecule has 0 saturated heterocycles. The van der Waals surface area contributed by atoms with E-state index >= 15 is 0 Å². The summed E-state index contributed by atoms with van der Waals surface area (Å²) in [7, 11) is 0. The van der Waals surface area contributed by atoms with Crippen molar-refractivity contribution in [2.24, 2.45) is 4.99 Å². The van der Waals surface area contributed by atoms with Gasteiger partial charge in [0.25, 0.3) is 5.56 Å². The van der Waals surface area contributed by atoms with Gasteiger partial charge >= 0.3 is 5.97 Å². The fourth-order valence-corrected chi connectivity index (χ4v) is 6.24. The molecule has 0 radical (unpaired) electrons. The summed E-state index contributed by atoms with van der Waals surface area (Å²) in [5.74, 6) is -0.913. The van der Waals surface area contributed by atoms with Crippen LogP contribution in [-0.4, -0.2) is 26.9 Å². The number of carbonyl (C=O) groups is 1. The van der Waals surface area contributed by atoms with E-state index in [1.54, 1.807) is 54.9 Å². The molecular formula is C32H24ClFN4O3S. The molecule has 1 aliphatic heterocycles. The first kappa shape index (κ1) is 27.6. The predicted octanol–water partition coefficient (Wildman–Crippen LogP) is 5.44. The number of ether oxygens (including phenoxy) is 1. The maximum atomic E-state index is 14.1. The van der Waals surface area contributed by atoms with Crippen molar-refractivity contribution in [3.63, 3.8) is 0 Å². The molecule has 1 atom stereocenters. The lowest BCUT2D eigenvalue weighted by atomic mass is 9.96. The van der Waals surface area contributed by atoms with Crippen LogP contribution in [0.15, 0.2) is 106 Å². The third-order valence-corrected chi connectivity index (χ3v) is 8.21. The highest BCUT2D eigenvalue weighted by Crippen LogP contribution is 2.34. The Labute approximate surface area is 249 Å². The highest BCUT2D eigenvalue weighted by atomic mass is 35.5. The number of carbonyl (C=O) groups excluding carboxylic acids is 1. The number of benzene rings is 3. The minimum Gasteiger partial charge on any atom is -0.463 e. The van der Waals surface area contributed by atoms with Gasteiger partial charge < -0.3 is 4.74 Å². The number of rotatable bonds is 6. The number of hydrogen-bond acceptors (Lipinski definition) is 6. The summed E-state index contributed by atoms with van der Waals surface area (Å²) in [6, 6.07) is 21.9. The number of nitrogens with zero attached hydrogens (tertiary/aromatic N) is 4. The summed E-state index contributed by atoms with van der Waals surface area (Å²) < 4.78 is 22.7. The summed E-state index contributed by atoms with van der Waals surface area (Å²) in [6.07, 6.45) is 3.58. The minimum absolute atomic E-state index is 0.173. The standard InChI is InChI=1S/C32H24ClFN4O3S/c1-3-41-31(40)27-19(2)35-32-38(29(27)24-11-7-8-12-25(24)33)30(39)26(42-32)17-21-18-37(23-9-5-4-6-10-23)36-28(21)20-13-15-22(34)16-14-20/h4-18,29H,3H2,1-2H3/b26-17+/t29-/m1/s1. The minimum atomic E-state index is -0.820. The van der Waals surface area contributed by atoms with Gasteiger partial charge in [-0.3, -0.25) is 9.36 Å². The third-order valence-electron chi connectivity index (χ3n) is 6.88. The molecule has 3 heterocycles. The van der Waals surface area contributed by atoms with Crippen LogP contribution in [0.25, 0.3) is 23.0 Å². The summed E-state index contributed by atoms with van der Waals surface area (Å²) in [5.41, 5.74) is 3.73. The molecule has 5 aromatic rings. The molecular weight excluding hydrogens is 575 g/mol. The molecule has 1 aliphatic rings. The van der Waals surface area contributed by atoms with Crippen molar-refractivity contribution in [1.29, 1.82) is 0 Å². The van der Waals surface area contributed by atoms with Gasteiger partial charge in [-0.05, 0) is 68.0 Å². The van der Waals surface area contributed by atoms with Gasteiger partial charge in [-0.25, -0.2) is 18.9 Å². The van der Waals surface area contributed by atoms with Crippen LogP contribution in [0, 0.1) is 5.82 Å². The first-order valence-electron chi connectivity index (χ1n) is 13.2. The maximum Gasteiger partial charge on any atom is 0.338 e. The molecule has 0 fully saturated rings. The van der Waals surface area contributed by atoms with Gasteiger partial charge in [0.1, 0.15) is 17.6 Å². The van der Waals surface area contributed by atoms with E-state index in [9.17, 15) is 14.0 Å². The van der Waals surface area contributed by atoms with Crippen LogP contribution in [0.3, 0.4) is 0 Å². The van der Waals surface area contributed by atoms with Crippen LogP contribution < -0.4 is 14.9 Å². The number of esters is 1. The molecule has 7 nitrogen and oxygen atoms in total. The molecule has 0 bridgehead atoms. The number of thiazole rings is 1. The lowest BCUT2D eigenvalue weighted by molar-refractivity contribution is -0.139. The number of halogens is 2. The quantitative estimate of drug-likeness (QED) is 0.244. The second-order valence-electron chi connectivity index (χ2n) is 9.54. The van der Waals surface area contributed by atoms with Gasteiger partial charge in [0, 0.05) is 22.3 Å². The summed E-state index contributed by atoms with van der Waals surface area (Å²) >= 11 is 7.81. The van der Waals surface area contributed by atoms with Gasteiger partial charge in [0.2, 0.25) is 0 Å². The lowest BCUT2D eigenvalue weighted by Gasteiger charge is -2.25. The Morgan fingerprint density at radius 2 is 1.79 bits per heavy atom. The van der Waals surface area contributed by atoms with Gasteiger partial charge in [-0.15, -0.1) is 0 Å². The molecule has 42 heavy (non-hydrogen) atoms. The molecule has 6 rings (SSSR count). The van der Waals surface area contributed by atoms with E-state index in [0.717, 1.165) is 5.69 Å². The van der Waals surface area contributed by atoms with E-state index < -0.39 is 12.0 Å². The number of allylic oxidation sites excluding steroid dienone is 1. The molecule has 0 N–H and O–H groups in total.